The topological polar surface area (TPSA) is 52.0 Å². The van der Waals surface area contributed by atoms with Crippen LogP contribution in [0.5, 0.6) is 0 Å². The smallest absolute Gasteiger partial charge is 0.0476 e. The van der Waals surface area contributed by atoms with E-state index in [1.54, 1.807) is 0 Å². The normalized spacial score (nSPS) is 15.4. The first-order valence-corrected chi connectivity index (χ1v) is 8.17. The summed E-state index contributed by atoms with van der Waals surface area (Å²) in [4.78, 5) is 0. The van der Waals surface area contributed by atoms with Crippen molar-refractivity contribution in [3.63, 3.8) is 0 Å². The van der Waals surface area contributed by atoms with Crippen molar-refractivity contribution in [3.05, 3.63) is 70.2 Å². The van der Waals surface area contributed by atoms with E-state index in [9.17, 15) is 0 Å². The predicted octanol–water partition coefficient (Wildman–Crippen LogP) is 4.15. The summed E-state index contributed by atoms with van der Waals surface area (Å²) in [5.74, 6) is 0.222. The lowest BCUT2D eigenvalue weighted by Gasteiger charge is -2.37. The van der Waals surface area contributed by atoms with Gasteiger partial charge in [0.05, 0.1) is 0 Å². The van der Waals surface area contributed by atoms with Crippen LogP contribution in [0.3, 0.4) is 0 Å². The van der Waals surface area contributed by atoms with Gasteiger partial charge in [-0.05, 0) is 42.6 Å². The number of hydrogen-bond acceptors (Lipinski definition) is 2. The van der Waals surface area contributed by atoms with Crippen molar-refractivity contribution in [1.82, 2.24) is 0 Å². The number of nitrogens with two attached hydrogens (primary N) is 2. The number of halogens is 1. The van der Waals surface area contributed by atoms with Gasteiger partial charge in [-0.2, -0.15) is 0 Å². The van der Waals surface area contributed by atoms with E-state index in [1.807, 2.05) is 18.2 Å². The molecule has 0 amide bonds. The van der Waals surface area contributed by atoms with Crippen LogP contribution < -0.4 is 11.5 Å². The van der Waals surface area contributed by atoms with Gasteiger partial charge in [-0.15, -0.1) is 0 Å². The molecule has 112 valence electrons. The van der Waals surface area contributed by atoms with Gasteiger partial charge >= 0.3 is 0 Å². The van der Waals surface area contributed by atoms with Gasteiger partial charge in [-0.3, -0.25) is 0 Å². The zero-order chi connectivity index (χ0) is 15.3. The molecular weight excluding hydrogens is 324 g/mol. The van der Waals surface area contributed by atoms with E-state index in [2.05, 4.69) is 59.3 Å². The third-order valence-electron chi connectivity index (χ3n) is 4.25. The van der Waals surface area contributed by atoms with Crippen LogP contribution in [0.4, 0.5) is 0 Å². The van der Waals surface area contributed by atoms with Gasteiger partial charge in [0.1, 0.15) is 0 Å². The summed E-state index contributed by atoms with van der Waals surface area (Å²) in [6.45, 7) is 2.87. The summed E-state index contributed by atoms with van der Waals surface area (Å²) in [5.41, 5.74) is 14.6. The largest absolute Gasteiger partial charge is 0.330 e. The molecule has 3 heteroatoms. The van der Waals surface area contributed by atoms with Gasteiger partial charge in [-0.1, -0.05) is 65.3 Å². The minimum Gasteiger partial charge on any atom is -0.330 e. The summed E-state index contributed by atoms with van der Waals surface area (Å²) in [5, 5.41) is 0. The maximum Gasteiger partial charge on any atom is 0.0476 e. The first-order valence-electron chi connectivity index (χ1n) is 7.38. The van der Waals surface area contributed by atoms with Crippen molar-refractivity contribution in [2.45, 2.75) is 31.2 Å². The molecule has 0 aliphatic rings. The lowest BCUT2D eigenvalue weighted by atomic mass is 9.73. The monoisotopic (exact) mass is 346 g/mol. The minimum atomic E-state index is -0.394. The molecule has 2 aromatic rings. The highest BCUT2D eigenvalue weighted by Gasteiger charge is 2.34. The average Bonchev–Trinajstić information content (AvgIpc) is 2.53. The Labute approximate surface area is 135 Å². The van der Waals surface area contributed by atoms with Crippen molar-refractivity contribution in [2.24, 2.45) is 11.5 Å². The third-order valence-corrected chi connectivity index (χ3v) is 4.78. The van der Waals surface area contributed by atoms with Gasteiger partial charge in [-0.25, -0.2) is 0 Å². The summed E-state index contributed by atoms with van der Waals surface area (Å²) < 4.78 is 1.09. The molecule has 0 radical (unpaired) electrons. The molecule has 0 saturated carbocycles. The van der Waals surface area contributed by atoms with E-state index >= 15 is 0 Å². The third kappa shape index (κ3) is 3.73. The molecule has 0 fully saturated rings. The standard InChI is InChI=1S/C18H23BrN2/c1-14(15-8-10-17(19)11-9-15)18(21,12-5-13-20)16-6-3-2-4-7-16/h2-4,6-11,14H,5,12-13,20-21H2,1H3/t14-,18?/m0/s1. The Morgan fingerprint density at radius 3 is 2.24 bits per heavy atom. The van der Waals surface area contributed by atoms with Gasteiger partial charge in [0.15, 0.2) is 0 Å². The Morgan fingerprint density at radius 2 is 1.67 bits per heavy atom. The van der Waals surface area contributed by atoms with Crippen LogP contribution >= 0.6 is 15.9 Å². The summed E-state index contributed by atoms with van der Waals surface area (Å²) >= 11 is 3.48. The van der Waals surface area contributed by atoms with Gasteiger partial charge in [0.25, 0.3) is 0 Å². The van der Waals surface area contributed by atoms with Crippen LogP contribution in [-0.2, 0) is 5.54 Å². The molecular formula is C18H23BrN2. The van der Waals surface area contributed by atoms with Crippen molar-refractivity contribution in [1.29, 1.82) is 0 Å². The second-order valence-corrected chi connectivity index (χ2v) is 6.49. The summed E-state index contributed by atoms with van der Waals surface area (Å²) in [7, 11) is 0. The molecule has 2 nitrogen and oxygen atoms in total. The first kappa shape index (κ1) is 16.2. The molecule has 2 atom stereocenters. The summed E-state index contributed by atoms with van der Waals surface area (Å²) in [6, 6.07) is 18.8. The molecule has 0 aliphatic heterocycles. The second-order valence-electron chi connectivity index (χ2n) is 5.57. The molecule has 0 heterocycles. The number of benzene rings is 2. The van der Waals surface area contributed by atoms with Gasteiger partial charge < -0.3 is 11.5 Å². The van der Waals surface area contributed by atoms with Crippen LogP contribution in [0.2, 0.25) is 0 Å². The van der Waals surface area contributed by atoms with E-state index in [1.165, 1.54) is 11.1 Å². The lowest BCUT2D eigenvalue weighted by molar-refractivity contribution is 0.337. The Balaban J connectivity index is 2.37. The molecule has 0 spiro atoms. The minimum absolute atomic E-state index is 0.222. The van der Waals surface area contributed by atoms with E-state index in [4.69, 9.17) is 11.5 Å². The molecule has 4 N–H and O–H groups in total. The van der Waals surface area contributed by atoms with Crippen LogP contribution in [0.15, 0.2) is 59.1 Å². The Kier molecular flexibility index (Phi) is 5.57. The fraction of sp³-hybridized carbons (Fsp3) is 0.333. The molecule has 2 aromatic carbocycles. The fourth-order valence-corrected chi connectivity index (χ4v) is 3.07. The molecule has 0 aliphatic carbocycles. The van der Waals surface area contributed by atoms with E-state index < -0.39 is 5.54 Å². The number of hydrogen-bond donors (Lipinski definition) is 2. The van der Waals surface area contributed by atoms with Crippen LogP contribution in [0, 0.1) is 0 Å². The van der Waals surface area contributed by atoms with Crippen molar-refractivity contribution < 1.29 is 0 Å². The molecule has 1 unspecified atom stereocenters. The number of rotatable bonds is 6. The predicted molar refractivity (Wildman–Crippen MR) is 93.2 cm³/mol. The first-order chi connectivity index (χ1) is 10.1. The van der Waals surface area contributed by atoms with Crippen molar-refractivity contribution in [2.75, 3.05) is 6.54 Å². The van der Waals surface area contributed by atoms with E-state index in [0.717, 1.165) is 17.3 Å². The molecule has 0 aromatic heterocycles. The molecule has 2 rings (SSSR count). The van der Waals surface area contributed by atoms with Gasteiger partial charge in [0, 0.05) is 15.9 Å². The Morgan fingerprint density at radius 1 is 1.05 bits per heavy atom. The van der Waals surface area contributed by atoms with Crippen LogP contribution in [0.1, 0.15) is 36.8 Å². The maximum atomic E-state index is 6.85. The second kappa shape index (κ2) is 7.21. The highest BCUT2D eigenvalue weighted by atomic mass is 79.9. The lowest BCUT2D eigenvalue weighted by Crippen LogP contribution is -2.42. The average molecular weight is 347 g/mol. The molecule has 0 bridgehead atoms. The zero-order valence-electron chi connectivity index (χ0n) is 12.4. The maximum absolute atomic E-state index is 6.85. The van der Waals surface area contributed by atoms with Crippen molar-refractivity contribution >= 4 is 15.9 Å². The SMILES string of the molecule is C[C@@H](c1ccc(Br)cc1)C(N)(CCCN)c1ccccc1. The van der Waals surface area contributed by atoms with Crippen LogP contribution in [0.25, 0.3) is 0 Å². The van der Waals surface area contributed by atoms with E-state index in [-0.39, 0.29) is 5.92 Å². The molecule has 0 saturated heterocycles. The Bertz CT molecular complexity index is 553. The van der Waals surface area contributed by atoms with E-state index in [0.29, 0.717) is 6.54 Å². The van der Waals surface area contributed by atoms with Crippen molar-refractivity contribution in [3.8, 4) is 0 Å². The highest BCUT2D eigenvalue weighted by molar-refractivity contribution is 9.10. The quantitative estimate of drug-likeness (QED) is 0.825. The summed E-state index contributed by atoms with van der Waals surface area (Å²) in [6.07, 6.45) is 1.80. The van der Waals surface area contributed by atoms with Crippen LogP contribution in [-0.4, -0.2) is 6.54 Å². The Hall–Kier alpha value is -1.16. The molecule has 21 heavy (non-hydrogen) atoms. The zero-order valence-corrected chi connectivity index (χ0v) is 14.0. The van der Waals surface area contributed by atoms with Gasteiger partial charge in [0.2, 0.25) is 0 Å². The highest BCUT2D eigenvalue weighted by Crippen LogP contribution is 2.38. The fourth-order valence-electron chi connectivity index (χ4n) is 2.80.